The van der Waals surface area contributed by atoms with Crippen LogP contribution < -0.4 is 0 Å². The summed E-state index contributed by atoms with van der Waals surface area (Å²) in [6.07, 6.45) is 2.77. The van der Waals surface area contributed by atoms with Crippen LogP contribution in [0, 0.1) is 6.92 Å². The van der Waals surface area contributed by atoms with E-state index in [0.29, 0.717) is 17.1 Å². The summed E-state index contributed by atoms with van der Waals surface area (Å²) in [4.78, 5) is 12.5. The van der Waals surface area contributed by atoms with Crippen molar-refractivity contribution in [3.63, 3.8) is 0 Å². The van der Waals surface area contributed by atoms with Gasteiger partial charge in [-0.1, -0.05) is 18.5 Å². The van der Waals surface area contributed by atoms with Crippen molar-refractivity contribution < 1.29 is 4.79 Å². The van der Waals surface area contributed by atoms with Crippen molar-refractivity contribution in [2.24, 2.45) is 7.05 Å². The summed E-state index contributed by atoms with van der Waals surface area (Å²) in [5.74, 6) is 0.0338. The molecule has 5 nitrogen and oxygen atoms in total. The monoisotopic (exact) mass is 294 g/mol. The largest absolute Gasteiger partial charge is 0.294 e. The second kappa shape index (κ2) is 5.79. The number of aromatic nitrogens is 4. The summed E-state index contributed by atoms with van der Waals surface area (Å²) in [6.45, 7) is 6.53. The molecule has 0 aromatic carbocycles. The number of Topliss-reactive ketones (excluding diaryl/α,β-unsaturated/α-hetero) is 1. The van der Waals surface area contributed by atoms with E-state index in [2.05, 4.69) is 10.2 Å². The molecule has 0 unspecified atom stereocenters. The molecule has 0 N–H and O–H groups in total. The van der Waals surface area contributed by atoms with E-state index in [1.807, 2.05) is 27.8 Å². The third-order valence-electron chi connectivity index (χ3n) is 3.32. The number of nitrogens with zero attached hydrogens (tertiary/aromatic N) is 4. The summed E-state index contributed by atoms with van der Waals surface area (Å²) < 4.78 is 3.47. The number of rotatable bonds is 5. The molecule has 0 aliphatic carbocycles. The fourth-order valence-corrected chi connectivity index (χ4v) is 2.52. The topological polar surface area (TPSA) is 52.7 Å². The standard InChI is InChI=1S/C14H19ClN4O/c1-5-11-10(8-18(4)17-11)13(20)7-12-14(15)9(3)16-19(12)6-2/h8H,5-7H2,1-4H3. The SMILES string of the molecule is CCc1nn(C)cc1C(=O)Cc1c(Cl)c(C)nn1CC. The van der Waals surface area contributed by atoms with Crippen LogP contribution in [-0.2, 0) is 26.4 Å². The van der Waals surface area contributed by atoms with Gasteiger partial charge in [-0.25, -0.2) is 0 Å². The van der Waals surface area contributed by atoms with Crippen LogP contribution >= 0.6 is 11.6 Å². The molecule has 0 amide bonds. The maximum absolute atomic E-state index is 12.5. The van der Waals surface area contributed by atoms with Crippen LogP contribution in [0.25, 0.3) is 0 Å². The van der Waals surface area contributed by atoms with Gasteiger partial charge in [0.05, 0.1) is 34.1 Å². The van der Waals surface area contributed by atoms with E-state index in [0.717, 1.165) is 23.5 Å². The highest BCUT2D eigenvalue weighted by atomic mass is 35.5. The predicted octanol–water partition coefficient (Wildman–Crippen LogP) is 2.59. The number of carbonyl (C=O) groups excluding carboxylic acids is 1. The van der Waals surface area contributed by atoms with Crippen LogP contribution in [0.15, 0.2) is 6.20 Å². The fraction of sp³-hybridized carbons (Fsp3) is 0.500. The number of hydrogen-bond acceptors (Lipinski definition) is 3. The van der Waals surface area contributed by atoms with Crippen LogP contribution in [0.2, 0.25) is 5.02 Å². The molecule has 2 heterocycles. The van der Waals surface area contributed by atoms with E-state index in [1.165, 1.54) is 0 Å². The summed E-state index contributed by atoms with van der Waals surface area (Å²) >= 11 is 6.25. The first-order chi connectivity index (χ1) is 9.47. The highest BCUT2D eigenvalue weighted by molar-refractivity contribution is 6.32. The highest BCUT2D eigenvalue weighted by Crippen LogP contribution is 2.22. The van der Waals surface area contributed by atoms with Crippen LogP contribution in [-0.4, -0.2) is 25.3 Å². The second-order valence-electron chi connectivity index (χ2n) is 4.78. The summed E-state index contributed by atoms with van der Waals surface area (Å²) in [5.41, 5.74) is 3.04. The Balaban J connectivity index is 2.32. The first-order valence-corrected chi connectivity index (χ1v) is 7.13. The number of ketones is 1. The van der Waals surface area contributed by atoms with Gasteiger partial charge in [-0.2, -0.15) is 10.2 Å². The van der Waals surface area contributed by atoms with E-state index >= 15 is 0 Å². The summed E-state index contributed by atoms with van der Waals surface area (Å²) in [7, 11) is 1.82. The van der Waals surface area contributed by atoms with E-state index in [4.69, 9.17) is 11.6 Å². The van der Waals surface area contributed by atoms with Crippen LogP contribution in [0.1, 0.15) is 41.3 Å². The molecular formula is C14H19ClN4O. The van der Waals surface area contributed by atoms with Gasteiger partial charge in [0.1, 0.15) is 0 Å². The lowest BCUT2D eigenvalue weighted by molar-refractivity contribution is 0.0989. The second-order valence-corrected chi connectivity index (χ2v) is 5.16. The lowest BCUT2D eigenvalue weighted by atomic mass is 10.1. The molecule has 0 bridgehead atoms. The van der Waals surface area contributed by atoms with E-state index < -0.39 is 0 Å². The average Bonchev–Trinajstić information content (AvgIpc) is 2.93. The molecule has 0 fully saturated rings. The minimum atomic E-state index is 0.0338. The zero-order valence-corrected chi connectivity index (χ0v) is 13.0. The molecule has 20 heavy (non-hydrogen) atoms. The number of halogens is 1. The zero-order valence-electron chi connectivity index (χ0n) is 12.3. The summed E-state index contributed by atoms with van der Waals surface area (Å²) in [6, 6.07) is 0. The Morgan fingerprint density at radius 1 is 1.35 bits per heavy atom. The van der Waals surface area contributed by atoms with Crippen molar-refractivity contribution in [3.8, 4) is 0 Å². The first kappa shape index (κ1) is 14.8. The smallest absolute Gasteiger partial charge is 0.172 e. The van der Waals surface area contributed by atoms with Crippen molar-refractivity contribution >= 4 is 17.4 Å². The van der Waals surface area contributed by atoms with Crippen LogP contribution in [0.5, 0.6) is 0 Å². The molecule has 0 atom stereocenters. The van der Waals surface area contributed by atoms with Gasteiger partial charge >= 0.3 is 0 Å². The molecular weight excluding hydrogens is 276 g/mol. The summed E-state index contributed by atoms with van der Waals surface area (Å²) in [5, 5.41) is 9.22. The zero-order chi connectivity index (χ0) is 14.9. The van der Waals surface area contributed by atoms with Gasteiger partial charge in [0.25, 0.3) is 0 Å². The molecule has 0 aliphatic rings. The van der Waals surface area contributed by atoms with Crippen molar-refractivity contribution in [1.82, 2.24) is 19.6 Å². The lowest BCUT2D eigenvalue weighted by Gasteiger charge is -2.04. The Kier molecular flexibility index (Phi) is 4.28. The predicted molar refractivity (Wildman–Crippen MR) is 78.3 cm³/mol. The van der Waals surface area contributed by atoms with Crippen LogP contribution in [0.3, 0.4) is 0 Å². The fourth-order valence-electron chi connectivity index (χ4n) is 2.31. The van der Waals surface area contributed by atoms with Gasteiger partial charge in [-0.15, -0.1) is 0 Å². The average molecular weight is 295 g/mol. The molecule has 0 spiro atoms. The maximum Gasteiger partial charge on any atom is 0.172 e. The maximum atomic E-state index is 12.5. The lowest BCUT2D eigenvalue weighted by Crippen LogP contribution is -2.11. The van der Waals surface area contributed by atoms with E-state index in [1.54, 1.807) is 15.6 Å². The number of aryl methyl sites for hydroxylation is 4. The Labute approximate surface area is 123 Å². The molecule has 2 aromatic heterocycles. The normalized spacial score (nSPS) is 11.1. The Bertz CT molecular complexity index is 642. The van der Waals surface area contributed by atoms with Gasteiger partial charge in [0.15, 0.2) is 5.78 Å². The van der Waals surface area contributed by atoms with E-state index in [-0.39, 0.29) is 12.2 Å². The van der Waals surface area contributed by atoms with Crippen molar-refractivity contribution in [3.05, 3.63) is 33.9 Å². The van der Waals surface area contributed by atoms with E-state index in [9.17, 15) is 4.79 Å². The molecule has 0 aliphatic heterocycles. The molecule has 0 radical (unpaired) electrons. The minimum Gasteiger partial charge on any atom is -0.294 e. The Hall–Kier alpha value is -1.62. The molecule has 6 heteroatoms. The van der Waals surface area contributed by atoms with Gasteiger partial charge in [0, 0.05) is 19.8 Å². The van der Waals surface area contributed by atoms with Crippen molar-refractivity contribution in [2.75, 3.05) is 0 Å². The molecule has 0 saturated heterocycles. The molecule has 108 valence electrons. The molecule has 2 rings (SSSR count). The highest BCUT2D eigenvalue weighted by Gasteiger charge is 2.20. The van der Waals surface area contributed by atoms with Gasteiger partial charge in [-0.05, 0) is 20.3 Å². The van der Waals surface area contributed by atoms with Gasteiger partial charge in [0.2, 0.25) is 0 Å². The third-order valence-corrected chi connectivity index (χ3v) is 3.81. The number of hydrogen-bond donors (Lipinski definition) is 0. The third kappa shape index (κ3) is 2.63. The Morgan fingerprint density at radius 3 is 2.65 bits per heavy atom. The minimum absolute atomic E-state index is 0.0338. The van der Waals surface area contributed by atoms with Crippen LogP contribution in [0.4, 0.5) is 0 Å². The van der Waals surface area contributed by atoms with Gasteiger partial charge < -0.3 is 0 Å². The molecule has 2 aromatic rings. The Morgan fingerprint density at radius 2 is 2.05 bits per heavy atom. The molecule has 0 saturated carbocycles. The number of carbonyl (C=O) groups is 1. The first-order valence-electron chi connectivity index (χ1n) is 6.75. The quantitative estimate of drug-likeness (QED) is 0.797. The van der Waals surface area contributed by atoms with Gasteiger partial charge in [-0.3, -0.25) is 14.2 Å². The van der Waals surface area contributed by atoms with Crippen molar-refractivity contribution in [2.45, 2.75) is 40.2 Å². The van der Waals surface area contributed by atoms with Crippen molar-refractivity contribution in [1.29, 1.82) is 0 Å².